The number of hydrogen-bond donors (Lipinski definition) is 2. The highest BCUT2D eigenvalue weighted by molar-refractivity contribution is 7.80. The molecular formula is C14H18ClN3OS. The Morgan fingerprint density at radius 1 is 1.40 bits per heavy atom. The van der Waals surface area contributed by atoms with Crippen LogP contribution in [0.3, 0.4) is 0 Å². The zero-order valence-corrected chi connectivity index (χ0v) is 12.8. The molecule has 1 aliphatic rings. The van der Waals surface area contributed by atoms with E-state index in [1.54, 1.807) is 18.2 Å². The summed E-state index contributed by atoms with van der Waals surface area (Å²) in [4.78, 5) is 14.2. The van der Waals surface area contributed by atoms with Crippen molar-refractivity contribution >= 4 is 40.4 Å². The minimum Gasteiger partial charge on any atom is -0.389 e. The normalized spacial score (nSPS) is 14.3. The summed E-state index contributed by atoms with van der Waals surface area (Å²) in [6.45, 7) is 2.31. The zero-order chi connectivity index (χ0) is 14.5. The van der Waals surface area contributed by atoms with Crippen molar-refractivity contribution in [2.75, 3.05) is 25.0 Å². The molecule has 3 N–H and O–H groups in total. The highest BCUT2D eigenvalue weighted by Gasteiger charge is 2.17. The minimum atomic E-state index is 0.189. The Kier molecular flexibility index (Phi) is 5.20. The highest BCUT2D eigenvalue weighted by atomic mass is 35.5. The fourth-order valence-electron chi connectivity index (χ4n) is 2.31. The van der Waals surface area contributed by atoms with Crippen LogP contribution in [0.15, 0.2) is 18.2 Å². The number of benzene rings is 1. The standard InChI is InChI=1S/C14H18ClN3OS/c15-10-3-4-11(14(16)20)12(9-10)17-6-5-13(19)18-7-1-2-8-18/h3-4,9,17H,1-2,5-8H2,(H2,16,20). The molecule has 6 heteroatoms. The van der Waals surface area contributed by atoms with Crippen molar-refractivity contribution in [1.82, 2.24) is 4.90 Å². The van der Waals surface area contributed by atoms with Crippen molar-refractivity contribution in [2.45, 2.75) is 19.3 Å². The first-order chi connectivity index (χ1) is 9.58. The van der Waals surface area contributed by atoms with Crippen LogP contribution >= 0.6 is 23.8 Å². The van der Waals surface area contributed by atoms with E-state index in [0.29, 0.717) is 23.0 Å². The van der Waals surface area contributed by atoms with Crippen molar-refractivity contribution in [3.8, 4) is 0 Å². The second kappa shape index (κ2) is 6.90. The van der Waals surface area contributed by atoms with Crippen molar-refractivity contribution in [3.63, 3.8) is 0 Å². The molecule has 1 fully saturated rings. The number of nitrogens with zero attached hydrogens (tertiary/aromatic N) is 1. The average Bonchev–Trinajstić information content (AvgIpc) is 2.92. The quantitative estimate of drug-likeness (QED) is 0.820. The third-order valence-electron chi connectivity index (χ3n) is 3.36. The number of anilines is 1. The van der Waals surface area contributed by atoms with Crippen molar-refractivity contribution in [3.05, 3.63) is 28.8 Å². The van der Waals surface area contributed by atoms with E-state index >= 15 is 0 Å². The Labute approximate surface area is 129 Å². The van der Waals surface area contributed by atoms with Crippen LogP contribution in [0.1, 0.15) is 24.8 Å². The molecule has 0 bridgehead atoms. The van der Waals surface area contributed by atoms with Gasteiger partial charge in [0.2, 0.25) is 5.91 Å². The lowest BCUT2D eigenvalue weighted by Gasteiger charge is -2.16. The summed E-state index contributed by atoms with van der Waals surface area (Å²) >= 11 is 11.0. The van der Waals surface area contributed by atoms with Crippen LogP contribution in [0, 0.1) is 0 Å². The maximum atomic E-state index is 11.9. The number of likely N-dealkylation sites (tertiary alicyclic amines) is 1. The molecule has 2 rings (SSSR count). The van der Waals surface area contributed by atoms with E-state index in [4.69, 9.17) is 29.6 Å². The van der Waals surface area contributed by atoms with Gasteiger partial charge < -0.3 is 16.0 Å². The van der Waals surface area contributed by atoms with Crippen molar-refractivity contribution in [1.29, 1.82) is 0 Å². The molecule has 0 radical (unpaired) electrons. The van der Waals surface area contributed by atoms with Crippen LogP contribution in [-0.4, -0.2) is 35.4 Å². The molecule has 1 aromatic rings. The van der Waals surface area contributed by atoms with Gasteiger partial charge in [-0.1, -0.05) is 23.8 Å². The van der Waals surface area contributed by atoms with Crippen LogP contribution in [0.25, 0.3) is 0 Å². The summed E-state index contributed by atoms with van der Waals surface area (Å²) in [7, 11) is 0. The Hall–Kier alpha value is -1.33. The molecule has 1 aliphatic heterocycles. The van der Waals surface area contributed by atoms with Gasteiger partial charge in [0.1, 0.15) is 4.99 Å². The first kappa shape index (κ1) is 15.1. The molecule has 0 spiro atoms. The lowest BCUT2D eigenvalue weighted by molar-refractivity contribution is -0.129. The molecule has 20 heavy (non-hydrogen) atoms. The van der Waals surface area contributed by atoms with Gasteiger partial charge in [0.15, 0.2) is 0 Å². The van der Waals surface area contributed by atoms with Gasteiger partial charge in [0.05, 0.1) is 0 Å². The molecule has 0 unspecified atom stereocenters. The van der Waals surface area contributed by atoms with E-state index in [1.807, 2.05) is 4.90 Å². The van der Waals surface area contributed by atoms with Crippen LogP contribution in [-0.2, 0) is 4.79 Å². The number of amides is 1. The largest absolute Gasteiger partial charge is 0.389 e. The summed E-state index contributed by atoms with van der Waals surface area (Å²) in [6.07, 6.45) is 2.68. The Bertz CT molecular complexity index is 515. The summed E-state index contributed by atoms with van der Waals surface area (Å²) in [5, 5.41) is 3.80. The minimum absolute atomic E-state index is 0.189. The molecule has 0 atom stereocenters. The van der Waals surface area contributed by atoms with Gasteiger partial charge in [-0.05, 0) is 31.0 Å². The third kappa shape index (κ3) is 3.84. The molecular weight excluding hydrogens is 294 g/mol. The van der Waals surface area contributed by atoms with Crippen molar-refractivity contribution < 1.29 is 4.79 Å². The number of carbonyl (C=O) groups excluding carboxylic acids is 1. The van der Waals surface area contributed by atoms with Gasteiger partial charge in [-0.2, -0.15) is 0 Å². The van der Waals surface area contributed by atoms with Crippen LogP contribution in [0.4, 0.5) is 5.69 Å². The molecule has 4 nitrogen and oxygen atoms in total. The van der Waals surface area contributed by atoms with E-state index in [-0.39, 0.29) is 5.91 Å². The van der Waals surface area contributed by atoms with Crippen LogP contribution in [0.2, 0.25) is 5.02 Å². The number of rotatable bonds is 5. The average molecular weight is 312 g/mol. The van der Waals surface area contributed by atoms with Gasteiger partial charge in [-0.3, -0.25) is 4.79 Å². The van der Waals surface area contributed by atoms with Gasteiger partial charge in [0, 0.05) is 42.3 Å². The fraction of sp³-hybridized carbons (Fsp3) is 0.429. The zero-order valence-electron chi connectivity index (χ0n) is 11.2. The molecule has 1 amide bonds. The number of nitrogens with one attached hydrogen (secondary N) is 1. The number of thiocarbonyl (C=S) groups is 1. The molecule has 1 aromatic carbocycles. The number of nitrogens with two attached hydrogens (primary N) is 1. The van der Waals surface area contributed by atoms with E-state index in [1.165, 1.54) is 0 Å². The lowest BCUT2D eigenvalue weighted by Crippen LogP contribution is -2.29. The molecule has 0 aromatic heterocycles. The third-order valence-corrected chi connectivity index (χ3v) is 3.82. The van der Waals surface area contributed by atoms with E-state index < -0.39 is 0 Å². The van der Waals surface area contributed by atoms with Gasteiger partial charge in [-0.15, -0.1) is 0 Å². The molecule has 1 heterocycles. The summed E-state index contributed by atoms with van der Waals surface area (Å²) in [5.74, 6) is 0.189. The first-order valence-corrected chi connectivity index (χ1v) is 7.47. The predicted octanol–water partition coefficient (Wildman–Crippen LogP) is 2.40. The lowest BCUT2D eigenvalue weighted by atomic mass is 10.1. The smallest absolute Gasteiger partial charge is 0.224 e. The SMILES string of the molecule is NC(=S)c1ccc(Cl)cc1NCCC(=O)N1CCCC1. The Morgan fingerprint density at radius 3 is 2.75 bits per heavy atom. The topological polar surface area (TPSA) is 58.4 Å². The fourth-order valence-corrected chi connectivity index (χ4v) is 2.66. The molecule has 108 valence electrons. The van der Waals surface area contributed by atoms with Gasteiger partial charge in [0.25, 0.3) is 0 Å². The van der Waals surface area contributed by atoms with Gasteiger partial charge in [-0.25, -0.2) is 0 Å². The summed E-state index contributed by atoms with van der Waals surface area (Å²) in [6, 6.07) is 5.31. The van der Waals surface area contributed by atoms with E-state index in [0.717, 1.165) is 37.2 Å². The summed E-state index contributed by atoms with van der Waals surface area (Å²) < 4.78 is 0. The maximum absolute atomic E-state index is 11.9. The van der Waals surface area contributed by atoms with Crippen LogP contribution in [0.5, 0.6) is 0 Å². The van der Waals surface area contributed by atoms with Gasteiger partial charge >= 0.3 is 0 Å². The number of carbonyl (C=O) groups is 1. The molecule has 1 saturated heterocycles. The van der Waals surface area contributed by atoms with E-state index in [2.05, 4.69) is 5.32 Å². The highest BCUT2D eigenvalue weighted by Crippen LogP contribution is 2.21. The maximum Gasteiger partial charge on any atom is 0.224 e. The number of halogens is 1. The second-order valence-electron chi connectivity index (χ2n) is 4.82. The second-order valence-corrected chi connectivity index (χ2v) is 5.70. The first-order valence-electron chi connectivity index (χ1n) is 6.69. The predicted molar refractivity (Wildman–Crippen MR) is 86.3 cm³/mol. The molecule has 0 saturated carbocycles. The van der Waals surface area contributed by atoms with Crippen molar-refractivity contribution in [2.24, 2.45) is 5.73 Å². The Morgan fingerprint density at radius 2 is 2.10 bits per heavy atom. The Balaban J connectivity index is 1.91. The summed E-state index contributed by atoms with van der Waals surface area (Å²) in [5.41, 5.74) is 7.19. The number of hydrogen-bond acceptors (Lipinski definition) is 3. The molecule has 0 aliphatic carbocycles. The monoisotopic (exact) mass is 311 g/mol. The van der Waals surface area contributed by atoms with Crippen LogP contribution < -0.4 is 11.1 Å². The van der Waals surface area contributed by atoms with E-state index in [9.17, 15) is 4.79 Å².